The minimum Gasteiger partial charge on any atom is -1.00 e. The van der Waals surface area contributed by atoms with Crippen molar-refractivity contribution >= 4 is 4.26 Å². The minimum atomic E-state index is -2.43. The fraction of sp³-hybridized carbons (Fsp3) is 0.0741. The largest absolute Gasteiger partial charge is 1.00 e. The van der Waals surface area contributed by atoms with Gasteiger partial charge >= 0.3 is 174 Å². The Morgan fingerprint density at radius 3 is 0.933 bits per heavy atom. The Kier molecular flexibility index (Phi) is 5.99. The topological polar surface area (TPSA) is 0 Å². The summed E-state index contributed by atoms with van der Waals surface area (Å²) in [5.74, 6) is 0. The van der Waals surface area contributed by atoms with Crippen molar-refractivity contribution in [2.24, 2.45) is 0 Å². The second-order valence-electron chi connectivity index (χ2n) is 7.79. The van der Waals surface area contributed by atoms with Crippen LogP contribution in [0, 0.1) is 0 Å². The van der Waals surface area contributed by atoms with Gasteiger partial charge in [0.2, 0.25) is 0 Å². The molecule has 4 aromatic rings. The van der Waals surface area contributed by atoms with Crippen LogP contribution in [0.25, 0.3) is 22.3 Å². The van der Waals surface area contributed by atoms with E-state index in [1.165, 1.54) is 44.5 Å². The van der Waals surface area contributed by atoms with E-state index in [1.807, 2.05) is 0 Å². The molecule has 0 bridgehead atoms. The minimum absolute atomic E-state index is 0. The summed E-state index contributed by atoms with van der Waals surface area (Å²) >= 11 is -2.43. The fourth-order valence-electron chi connectivity index (χ4n) is 5.28. The van der Waals surface area contributed by atoms with Crippen molar-refractivity contribution in [3.05, 3.63) is 119 Å². The molecule has 2 aliphatic carbocycles. The first kappa shape index (κ1) is 21.4. The van der Waals surface area contributed by atoms with Gasteiger partial charge in [0.05, 0.1) is 0 Å². The zero-order chi connectivity index (χ0) is 18.7. The Labute approximate surface area is 197 Å². The van der Waals surface area contributed by atoms with E-state index in [0.29, 0.717) is 7.35 Å². The number of hydrogen-bond donors (Lipinski definition) is 0. The van der Waals surface area contributed by atoms with Gasteiger partial charge in [-0.3, -0.25) is 0 Å². The predicted molar refractivity (Wildman–Crippen MR) is 115 cm³/mol. The average molecular weight is 594 g/mol. The summed E-state index contributed by atoms with van der Waals surface area (Å²) in [6.07, 6.45) is 0. The van der Waals surface area contributed by atoms with E-state index in [1.54, 1.807) is 0 Å². The number of benzene rings is 4. The summed E-state index contributed by atoms with van der Waals surface area (Å²) in [5.41, 5.74) is 11.8. The Balaban J connectivity index is 0.00000109. The molecular weight excluding hydrogens is 574 g/mol. The molecule has 2 aliphatic rings. The van der Waals surface area contributed by atoms with Crippen molar-refractivity contribution in [1.82, 2.24) is 0 Å². The third kappa shape index (κ3) is 3.02. The maximum atomic E-state index is 5.01. The number of hydrogen-bond acceptors (Lipinski definition) is 0. The van der Waals surface area contributed by atoms with E-state index in [0.717, 1.165) is 0 Å². The summed E-state index contributed by atoms with van der Waals surface area (Å²) in [6, 6.07) is 36.1. The molecule has 146 valence electrons. The van der Waals surface area contributed by atoms with E-state index in [2.05, 4.69) is 97.1 Å². The Morgan fingerprint density at radius 1 is 0.433 bits per heavy atom. The van der Waals surface area contributed by atoms with Crippen molar-refractivity contribution in [1.29, 1.82) is 0 Å². The van der Waals surface area contributed by atoms with Gasteiger partial charge in [0, 0.05) is 0 Å². The number of halogens is 2. The molecule has 0 nitrogen and oxygen atoms in total. The van der Waals surface area contributed by atoms with Gasteiger partial charge in [-0.15, -0.1) is 0 Å². The van der Waals surface area contributed by atoms with Gasteiger partial charge in [-0.2, -0.15) is 0 Å². The molecule has 0 aliphatic heterocycles. The molecule has 0 N–H and O–H groups in total. The van der Waals surface area contributed by atoms with Crippen LogP contribution in [0.4, 0.5) is 0 Å². The first-order valence-corrected chi connectivity index (χ1v) is 16.6. The first-order chi connectivity index (χ1) is 13.8. The van der Waals surface area contributed by atoms with E-state index >= 15 is 0 Å². The Bertz CT molecular complexity index is 1070. The molecule has 0 fully saturated rings. The SMILES string of the molecule is [CH2]=[Hf+2]([CH]1c2ccccc2-c2ccccc21)[CH]1c2ccccc2-c2ccccc21.[Cl-].[Cl-]. The van der Waals surface area contributed by atoms with Crippen molar-refractivity contribution in [3.63, 3.8) is 0 Å². The van der Waals surface area contributed by atoms with Gasteiger partial charge in [0.25, 0.3) is 0 Å². The molecule has 3 heteroatoms. The van der Waals surface area contributed by atoms with Crippen LogP contribution in [0.3, 0.4) is 0 Å². The summed E-state index contributed by atoms with van der Waals surface area (Å²) in [7, 11) is 0. The zero-order valence-corrected chi connectivity index (χ0v) is 21.5. The molecule has 6 rings (SSSR count). The maximum Gasteiger partial charge on any atom is -1.00 e. The van der Waals surface area contributed by atoms with Gasteiger partial charge in [-0.05, 0) is 0 Å². The fourth-order valence-corrected chi connectivity index (χ4v) is 15.8. The third-order valence-corrected chi connectivity index (χ3v) is 16.2. The number of rotatable bonds is 2. The molecule has 0 saturated carbocycles. The molecule has 0 unspecified atom stereocenters. The molecule has 0 saturated heterocycles. The summed E-state index contributed by atoms with van der Waals surface area (Å²) in [6.45, 7) is 0. The van der Waals surface area contributed by atoms with Crippen LogP contribution in [0.5, 0.6) is 0 Å². The molecule has 0 amide bonds. The zero-order valence-electron chi connectivity index (χ0n) is 16.4. The Morgan fingerprint density at radius 2 is 0.667 bits per heavy atom. The standard InChI is InChI=1S/2C13H9.CH2.2ClH.Hf/c2*1-3-7-12-10(5-1)9-11-6-2-4-8-13(11)12;;;;/h2*1-9H;1H2;2*1H;/q;;;;;+2/p-2. The second-order valence-corrected chi connectivity index (χ2v) is 16.1. The monoisotopic (exact) mass is 594 g/mol. The first-order valence-electron chi connectivity index (χ1n) is 9.90. The molecule has 0 heterocycles. The van der Waals surface area contributed by atoms with Crippen LogP contribution in [-0.2, 0) is 21.0 Å². The molecule has 0 radical (unpaired) electrons. The van der Waals surface area contributed by atoms with Crippen LogP contribution in [0.2, 0.25) is 0 Å². The quantitative estimate of drug-likeness (QED) is 0.299. The Hall–Kier alpha value is -1.80. The van der Waals surface area contributed by atoms with Crippen LogP contribution >= 0.6 is 0 Å². The normalized spacial score (nSPS) is 13.0. The van der Waals surface area contributed by atoms with Gasteiger partial charge in [0.1, 0.15) is 0 Å². The van der Waals surface area contributed by atoms with Crippen LogP contribution in [0.15, 0.2) is 97.1 Å². The molecule has 4 aromatic carbocycles. The smallest absolute Gasteiger partial charge is 1.00 e. The van der Waals surface area contributed by atoms with Crippen LogP contribution in [-0.4, -0.2) is 4.26 Å². The maximum absolute atomic E-state index is 5.01. The van der Waals surface area contributed by atoms with Crippen molar-refractivity contribution in [2.45, 2.75) is 7.35 Å². The molecule has 0 spiro atoms. The van der Waals surface area contributed by atoms with Gasteiger partial charge in [0.15, 0.2) is 0 Å². The van der Waals surface area contributed by atoms with E-state index in [4.69, 9.17) is 4.26 Å². The van der Waals surface area contributed by atoms with Crippen LogP contribution in [0.1, 0.15) is 29.6 Å². The molecule has 30 heavy (non-hydrogen) atoms. The summed E-state index contributed by atoms with van der Waals surface area (Å²) < 4.78 is 6.07. The molecule has 0 aromatic heterocycles. The van der Waals surface area contributed by atoms with E-state index in [-0.39, 0.29) is 24.8 Å². The van der Waals surface area contributed by atoms with Crippen molar-refractivity contribution in [3.8, 4) is 22.3 Å². The average Bonchev–Trinajstić information content (AvgIpc) is 3.27. The van der Waals surface area contributed by atoms with Gasteiger partial charge in [-0.1, -0.05) is 0 Å². The van der Waals surface area contributed by atoms with Gasteiger partial charge in [-0.25, -0.2) is 0 Å². The van der Waals surface area contributed by atoms with Crippen LogP contribution < -0.4 is 24.8 Å². The van der Waals surface area contributed by atoms with Gasteiger partial charge < -0.3 is 24.8 Å². The van der Waals surface area contributed by atoms with Crippen molar-refractivity contribution < 1.29 is 45.8 Å². The number of fused-ring (bicyclic) bond motifs is 6. The predicted octanol–water partition coefficient (Wildman–Crippen LogP) is 0.585. The summed E-state index contributed by atoms with van der Waals surface area (Å²) in [4.78, 5) is 0. The third-order valence-electron chi connectivity index (χ3n) is 6.41. The van der Waals surface area contributed by atoms with E-state index in [9.17, 15) is 0 Å². The van der Waals surface area contributed by atoms with Crippen molar-refractivity contribution in [2.75, 3.05) is 0 Å². The molecule has 0 atom stereocenters. The summed E-state index contributed by atoms with van der Waals surface area (Å²) in [5, 5.41) is 0. The second kappa shape index (κ2) is 8.38. The van der Waals surface area contributed by atoms with E-state index < -0.39 is 21.0 Å². The molecular formula is C27H20Cl2Hf.